The summed E-state index contributed by atoms with van der Waals surface area (Å²) in [5, 5.41) is 3.26. The zero-order chi connectivity index (χ0) is 19.1. The Hall–Kier alpha value is -1.94. The molecule has 1 amide bonds. The Balaban J connectivity index is 1.56. The molecule has 0 aromatic heterocycles. The molecule has 144 valence electrons. The number of para-hydroxylation sites is 1. The lowest BCUT2D eigenvalue weighted by atomic mass is 9.83. The van der Waals surface area contributed by atoms with E-state index in [1.807, 2.05) is 24.3 Å². The van der Waals surface area contributed by atoms with E-state index in [-0.39, 0.29) is 17.6 Å². The topological polar surface area (TPSA) is 38.3 Å². The van der Waals surface area contributed by atoms with Crippen molar-refractivity contribution in [2.45, 2.75) is 56.9 Å². The first-order chi connectivity index (χ1) is 13.2. The fraction of sp³-hybridized carbons (Fsp3) is 0.435. The summed E-state index contributed by atoms with van der Waals surface area (Å²) in [7, 11) is 0. The van der Waals surface area contributed by atoms with Crippen molar-refractivity contribution >= 4 is 17.7 Å². The van der Waals surface area contributed by atoms with Gasteiger partial charge >= 0.3 is 0 Å². The summed E-state index contributed by atoms with van der Waals surface area (Å²) >= 11 is 1.81. The number of rotatable bonds is 8. The van der Waals surface area contributed by atoms with Gasteiger partial charge in [0.25, 0.3) is 0 Å². The van der Waals surface area contributed by atoms with Crippen molar-refractivity contribution in [3.8, 4) is 5.75 Å². The van der Waals surface area contributed by atoms with Crippen molar-refractivity contribution in [3.05, 3.63) is 65.7 Å². The van der Waals surface area contributed by atoms with Gasteiger partial charge in [-0.05, 0) is 24.5 Å². The lowest BCUT2D eigenvalue weighted by Crippen LogP contribution is -2.44. The van der Waals surface area contributed by atoms with Crippen molar-refractivity contribution in [1.82, 2.24) is 5.32 Å². The predicted octanol–water partition coefficient (Wildman–Crippen LogP) is 5.51. The third-order valence-electron chi connectivity index (χ3n) is 5.41. The van der Waals surface area contributed by atoms with Crippen LogP contribution in [0.2, 0.25) is 0 Å². The van der Waals surface area contributed by atoms with Crippen molar-refractivity contribution in [2.75, 3.05) is 5.75 Å². The molecule has 0 bridgehead atoms. The first-order valence-corrected chi connectivity index (χ1v) is 11.0. The van der Waals surface area contributed by atoms with E-state index in [9.17, 15) is 4.79 Å². The monoisotopic (exact) mass is 383 g/mol. The highest BCUT2D eigenvalue weighted by atomic mass is 32.2. The Kier molecular flexibility index (Phi) is 6.84. The van der Waals surface area contributed by atoms with Crippen LogP contribution in [-0.2, 0) is 10.5 Å². The molecule has 1 heterocycles. The van der Waals surface area contributed by atoms with Gasteiger partial charge in [-0.1, -0.05) is 62.4 Å². The van der Waals surface area contributed by atoms with Crippen LogP contribution < -0.4 is 10.1 Å². The number of fused-ring (bicyclic) bond motifs is 1. The fourth-order valence-electron chi connectivity index (χ4n) is 3.63. The molecule has 0 spiro atoms. The number of ether oxygens (including phenoxy) is 1. The van der Waals surface area contributed by atoms with Gasteiger partial charge in [-0.3, -0.25) is 4.79 Å². The summed E-state index contributed by atoms with van der Waals surface area (Å²) in [6.07, 6.45) is 3.26. The SMILES string of the molecule is CCC1(CC)CC(NC(=O)CCSCc2ccccc2)c2ccccc2O1. The molecular weight excluding hydrogens is 354 g/mol. The van der Waals surface area contributed by atoms with E-state index in [0.717, 1.165) is 42.1 Å². The second-order valence-electron chi connectivity index (χ2n) is 7.14. The summed E-state index contributed by atoms with van der Waals surface area (Å²) in [6, 6.07) is 18.5. The van der Waals surface area contributed by atoms with Crippen molar-refractivity contribution in [2.24, 2.45) is 0 Å². The number of nitrogens with one attached hydrogen (secondary N) is 1. The van der Waals surface area contributed by atoms with E-state index in [0.29, 0.717) is 6.42 Å². The van der Waals surface area contributed by atoms with Crippen LogP contribution in [0.5, 0.6) is 5.75 Å². The standard InChI is InChI=1S/C23H29NO2S/c1-3-23(4-2)16-20(19-12-8-9-13-21(19)26-23)24-22(25)14-15-27-17-18-10-6-5-7-11-18/h5-13,20H,3-4,14-17H2,1-2H3,(H,24,25). The molecule has 0 fully saturated rings. The Bertz CT molecular complexity index is 743. The number of hydrogen-bond donors (Lipinski definition) is 1. The van der Waals surface area contributed by atoms with Gasteiger partial charge in [-0.25, -0.2) is 0 Å². The van der Waals surface area contributed by atoms with Crippen LogP contribution >= 0.6 is 11.8 Å². The molecule has 2 aromatic carbocycles. The molecule has 3 rings (SSSR count). The quantitative estimate of drug-likeness (QED) is 0.611. The number of thioether (sulfide) groups is 1. The minimum Gasteiger partial charge on any atom is -0.487 e. The fourth-order valence-corrected chi connectivity index (χ4v) is 4.53. The van der Waals surface area contributed by atoms with Crippen molar-refractivity contribution in [1.29, 1.82) is 0 Å². The average Bonchev–Trinajstić information content (AvgIpc) is 2.72. The van der Waals surface area contributed by atoms with Crippen LogP contribution in [0.25, 0.3) is 0 Å². The summed E-state index contributed by atoms with van der Waals surface area (Å²) in [4.78, 5) is 12.6. The molecule has 4 heteroatoms. The number of amides is 1. The van der Waals surface area contributed by atoms with Gasteiger partial charge in [0.2, 0.25) is 5.91 Å². The molecule has 2 aromatic rings. The maximum absolute atomic E-state index is 12.6. The van der Waals surface area contributed by atoms with E-state index >= 15 is 0 Å². The van der Waals surface area contributed by atoms with Gasteiger partial charge in [0.1, 0.15) is 11.4 Å². The van der Waals surface area contributed by atoms with E-state index < -0.39 is 0 Å². The second-order valence-corrected chi connectivity index (χ2v) is 8.25. The maximum Gasteiger partial charge on any atom is 0.221 e. The lowest BCUT2D eigenvalue weighted by molar-refractivity contribution is -0.122. The van der Waals surface area contributed by atoms with Crippen molar-refractivity contribution < 1.29 is 9.53 Å². The van der Waals surface area contributed by atoms with E-state index in [1.54, 1.807) is 11.8 Å². The number of carbonyl (C=O) groups is 1. The van der Waals surface area contributed by atoms with Crippen LogP contribution in [0.1, 0.15) is 56.7 Å². The first kappa shape index (κ1) is 19.8. The molecule has 1 atom stereocenters. The summed E-state index contributed by atoms with van der Waals surface area (Å²) in [5.41, 5.74) is 2.21. The smallest absolute Gasteiger partial charge is 0.221 e. The van der Waals surface area contributed by atoms with Crippen molar-refractivity contribution in [3.63, 3.8) is 0 Å². The maximum atomic E-state index is 12.6. The number of carbonyl (C=O) groups excluding carboxylic acids is 1. The van der Waals surface area contributed by atoms with Gasteiger partial charge in [0.15, 0.2) is 0 Å². The van der Waals surface area contributed by atoms with Gasteiger partial charge < -0.3 is 10.1 Å². The molecule has 3 nitrogen and oxygen atoms in total. The third-order valence-corrected chi connectivity index (χ3v) is 6.44. The first-order valence-electron chi connectivity index (χ1n) is 9.85. The number of benzene rings is 2. The highest BCUT2D eigenvalue weighted by molar-refractivity contribution is 7.98. The highest BCUT2D eigenvalue weighted by Crippen LogP contribution is 2.42. The van der Waals surface area contributed by atoms with Crippen LogP contribution in [-0.4, -0.2) is 17.3 Å². The molecule has 0 saturated heterocycles. The summed E-state index contributed by atoms with van der Waals surface area (Å²) in [5.74, 6) is 2.82. The Labute approximate surface area is 166 Å². The molecular formula is C23H29NO2S. The summed E-state index contributed by atoms with van der Waals surface area (Å²) < 4.78 is 6.32. The van der Waals surface area contributed by atoms with Crippen LogP contribution in [0.3, 0.4) is 0 Å². The lowest BCUT2D eigenvalue weighted by Gasteiger charge is -2.41. The van der Waals surface area contributed by atoms with Gasteiger partial charge in [0.05, 0.1) is 6.04 Å². The third kappa shape index (κ3) is 5.07. The molecule has 0 saturated carbocycles. The average molecular weight is 384 g/mol. The molecule has 1 unspecified atom stereocenters. The predicted molar refractivity (Wildman–Crippen MR) is 113 cm³/mol. The molecule has 0 aliphatic carbocycles. The van der Waals surface area contributed by atoms with Gasteiger partial charge in [-0.15, -0.1) is 0 Å². The van der Waals surface area contributed by atoms with E-state index in [2.05, 4.69) is 49.5 Å². The van der Waals surface area contributed by atoms with Crippen LogP contribution in [0, 0.1) is 0 Å². The number of hydrogen-bond acceptors (Lipinski definition) is 3. The minimum atomic E-state index is -0.186. The van der Waals surface area contributed by atoms with Crippen LogP contribution in [0.4, 0.5) is 0 Å². The van der Waals surface area contributed by atoms with Crippen LogP contribution in [0.15, 0.2) is 54.6 Å². The van der Waals surface area contributed by atoms with E-state index in [4.69, 9.17) is 4.74 Å². The molecule has 0 radical (unpaired) electrons. The Morgan fingerprint density at radius 1 is 1.11 bits per heavy atom. The zero-order valence-corrected chi connectivity index (χ0v) is 17.1. The molecule has 1 aliphatic rings. The Morgan fingerprint density at radius 2 is 1.81 bits per heavy atom. The molecule has 1 aliphatic heterocycles. The van der Waals surface area contributed by atoms with Gasteiger partial charge in [-0.2, -0.15) is 11.8 Å². The molecule has 1 N–H and O–H groups in total. The minimum absolute atomic E-state index is 0.0291. The largest absolute Gasteiger partial charge is 0.487 e. The van der Waals surface area contributed by atoms with E-state index in [1.165, 1.54) is 5.56 Å². The second kappa shape index (κ2) is 9.32. The Morgan fingerprint density at radius 3 is 2.56 bits per heavy atom. The normalized spacial score (nSPS) is 17.6. The summed E-state index contributed by atoms with van der Waals surface area (Å²) in [6.45, 7) is 4.33. The zero-order valence-electron chi connectivity index (χ0n) is 16.2. The highest BCUT2D eigenvalue weighted by Gasteiger charge is 2.38. The molecule has 27 heavy (non-hydrogen) atoms. The van der Waals surface area contributed by atoms with Gasteiger partial charge in [0, 0.05) is 29.9 Å².